The second-order valence-corrected chi connectivity index (χ2v) is 16.7. The van der Waals surface area contributed by atoms with Gasteiger partial charge in [-0.15, -0.1) is 0 Å². The molecule has 7 heteroatoms. The van der Waals surface area contributed by atoms with E-state index in [1.165, 1.54) is 11.4 Å². The Kier molecular flexibility index (Phi) is 5.18. The SMILES string of the molecule is COC(=O)[C@@H]1C[C@]2(C)C[C@]2(/C=C\[Si](C)(C)C)CN1S(=O)(=O)c1ccc(C)cc1. The summed E-state index contributed by atoms with van der Waals surface area (Å²) in [6, 6.07) is 6.02. The third-order valence-corrected chi connectivity index (χ3v) is 9.25. The number of methoxy groups -OCH3 is 1. The van der Waals surface area contributed by atoms with Gasteiger partial charge in [0.25, 0.3) is 0 Å². The van der Waals surface area contributed by atoms with Crippen LogP contribution in [0.2, 0.25) is 19.6 Å². The minimum absolute atomic E-state index is 0.0682. The summed E-state index contributed by atoms with van der Waals surface area (Å²) in [5.41, 5.74) is 3.02. The number of carbonyl (C=O) groups excluding carboxylic acids is 1. The van der Waals surface area contributed by atoms with Crippen LogP contribution in [0.25, 0.3) is 0 Å². The van der Waals surface area contributed by atoms with E-state index >= 15 is 0 Å². The fourth-order valence-corrected chi connectivity index (χ4v) is 6.71. The van der Waals surface area contributed by atoms with Gasteiger partial charge in [-0.3, -0.25) is 4.79 Å². The highest BCUT2D eigenvalue weighted by Crippen LogP contribution is 2.70. The first-order chi connectivity index (χ1) is 12.8. The third kappa shape index (κ3) is 3.72. The Bertz CT molecular complexity index is 903. The lowest BCUT2D eigenvalue weighted by Crippen LogP contribution is -2.53. The van der Waals surface area contributed by atoms with Gasteiger partial charge < -0.3 is 4.74 Å². The molecule has 0 radical (unpaired) electrons. The van der Waals surface area contributed by atoms with Crippen molar-refractivity contribution >= 4 is 24.1 Å². The fourth-order valence-electron chi connectivity index (χ4n) is 4.25. The van der Waals surface area contributed by atoms with Crippen molar-refractivity contribution in [2.45, 2.75) is 57.3 Å². The Morgan fingerprint density at radius 1 is 1.25 bits per heavy atom. The summed E-state index contributed by atoms with van der Waals surface area (Å²) >= 11 is 0. The van der Waals surface area contributed by atoms with Crippen LogP contribution in [0, 0.1) is 17.8 Å². The van der Waals surface area contributed by atoms with E-state index in [1.807, 2.05) is 6.92 Å². The monoisotopic (exact) mass is 421 g/mol. The summed E-state index contributed by atoms with van der Waals surface area (Å²) in [5.74, 6) is -0.480. The quantitative estimate of drug-likeness (QED) is 0.536. The first-order valence-corrected chi connectivity index (χ1v) is 14.7. The van der Waals surface area contributed by atoms with Crippen LogP contribution in [-0.2, 0) is 19.6 Å². The maximum absolute atomic E-state index is 13.4. The van der Waals surface area contributed by atoms with E-state index in [1.54, 1.807) is 24.3 Å². The second kappa shape index (κ2) is 6.81. The Hall–Kier alpha value is -1.44. The van der Waals surface area contributed by atoms with Gasteiger partial charge in [0, 0.05) is 12.0 Å². The number of rotatable bonds is 5. The van der Waals surface area contributed by atoms with Crippen molar-refractivity contribution in [3.63, 3.8) is 0 Å². The van der Waals surface area contributed by atoms with Gasteiger partial charge in [-0.2, -0.15) is 4.31 Å². The van der Waals surface area contributed by atoms with Crippen molar-refractivity contribution in [2.75, 3.05) is 13.7 Å². The van der Waals surface area contributed by atoms with Gasteiger partial charge in [0.15, 0.2) is 0 Å². The van der Waals surface area contributed by atoms with Crippen molar-refractivity contribution in [1.29, 1.82) is 0 Å². The topological polar surface area (TPSA) is 63.7 Å². The molecule has 5 nitrogen and oxygen atoms in total. The molecule has 0 aromatic heterocycles. The van der Waals surface area contributed by atoms with Gasteiger partial charge >= 0.3 is 5.97 Å². The molecule has 2 fully saturated rings. The molecule has 0 N–H and O–H groups in total. The van der Waals surface area contributed by atoms with Gasteiger partial charge in [0.1, 0.15) is 6.04 Å². The molecule has 0 spiro atoms. The number of carbonyl (C=O) groups is 1. The number of ether oxygens (including phenoxy) is 1. The molecule has 1 saturated heterocycles. The summed E-state index contributed by atoms with van der Waals surface area (Å²) in [4.78, 5) is 12.7. The van der Waals surface area contributed by atoms with Crippen molar-refractivity contribution < 1.29 is 17.9 Å². The molecule has 0 amide bonds. The zero-order valence-corrected chi connectivity index (χ0v) is 19.5. The maximum Gasteiger partial charge on any atom is 0.324 e. The van der Waals surface area contributed by atoms with Crippen LogP contribution in [0.5, 0.6) is 0 Å². The van der Waals surface area contributed by atoms with E-state index < -0.39 is 30.1 Å². The number of hydrogen-bond acceptors (Lipinski definition) is 4. The summed E-state index contributed by atoms with van der Waals surface area (Å²) in [7, 11) is -3.90. The van der Waals surface area contributed by atoms with Crippen LogP contribution in [-0.4, -0.2) is 46.5 Å². The molecule has 1 aromatic carbocycles. The van der Waals surface area contributed by atoms with Crippen LogP contribution in [0.15, 0.2) is 40.9 Å². The average molecular weight is 422 g/mol. The molecule has 2 aliphatic rings. The molecule has 0 unspecified atom stereocenters. The van der Waals surface area contributed by atoms with Crippen LogP contribution < -0.4 is 0 Å². The Morgan fingerprint density at radius 3 is 2.39 bits per heavy atom. The van der Waals surface area contributed by atoms with Crippen LogP contribution in [0.3, 0.4) is 0 Å². The summed E-state index contributed by atoms with van der Waals surface area (Å²) in [6.07, 6.45) is 3.62. The van der Waals surface area contributed by atoms with Crippen LogP contribution in [0.4, 0.5) is 0 Å². The highest BCUT2D eigenvalue weighted by Gasteiger charge is 2.68. The minimum Gasteiger partial charge on any atom is -0.468 e. The summed E-state index contributed by atoms with van der Waals surface area (Å²) in [5, 5.41) is 0. The Balaban J connectivity index is 2.02. The van der Waals surface area contributed by atoms with E-state index in [-0.39, 0.29) is 15.7 Å². The van der Waals surface area contributed by atoms with Gasteiger partial charge in [0.2, 0.25) is 10.0 Å². The summed E-state index contributed by atoms with van der Waals surface area (Å²) in [6.45, 7) is 11.2. The van der Waals surface area contributed by atoms with Gasteiger partial charge in [-0.05, 0) is 37.3 Å². The number of benzene rings is 1. The summed E-state index contributed by atoms with van der Waals surface area (Å²) < 4.78 is 33.2. The Morgan fingerprint density at radius 2 is 1.86 bits per heavy atom. The predicted molar refractivity (Wildman–Crippen MR) is 113 cm³/mol. The predicted octanol–water partition coefficient (Wildman–Crippen LogP) is 3.76. The number of fused-ring (bicyclic) bond motifs is 1. The molecule has 1 aromatic rings. The van der Waals surface area contributed by atoms with Crippen molar-refractivity contribution in [3.8, 4) is 0 Å². The molecule has 0 bridgehead atoms. The van der Waals surface area contributed by atoms with E-state index in [0.717, 1.165) is 12.0 Å². The van der Waals surface area contributed by atoms with E-state index in [9.17, 15) is 13.2 Å². The lowest BCUT2D eigenvalue weighted by atomic mass is 9.84. The molecular weight excluding hydrogens is 390 g/mol. The van der Waals surface area contributed by atoms with Crippen molar-refractivity contribution in [2.24, 2.45) is 10.8 Å². The first-order valence-electron chi connectivity index (χ1n) is 9.70. The number of aryl methyl sites for hydroxylation is 1. The molecule has 1 aliphatic carbocycles. The van der Waals surface area contributed by atoms with Gasteiger partial charge in [0.05, 0.1) is 20.1 Å². The minimum atomic E-state index is -3.80. The lowest BCUT2D eigenvalue weighted by molar-refractivity contribution is -0.147. The number of piperidine rings is 1. The van der Waals surface area contributed by atoms with Crippen LogP contribution >= 0.6 is 0 Å². The largest absolute Gasteiger partial charge is 0.468 e. The number of esters is 1. The third-order valence-electron chi connectivity index (χ3n) is 6.22. The number of hydrogen-bond donors (Lipinski definition) is 0. The highest BCUT2D eigenvalue weighted by atomic mass is 32.2. The highest BCUT2D eigenvalue weighted by molar-refractivity contribution is 7.89. The molecule has 28 heavy (non-hydrogen) atoms. The first kappa shape index (κ1) is 21.3. The average Bonchev–Trinajstić information content (AvgIpc) is 3.23. The number of sulfonamides is 1. The normalized spacial score (nSPS) is 30.9. The van der Waals surface area contributed by atoms with E-state index in [0.29, 0.717) is 13.0 Å². The van der Waals surface area contributed by atoms with Gasteiger partial charge in [-0.25, -0.2) is 8.42 Å². The number of nitrogens with zero attached hydrogens (tertiary/aromatic N) is 1. The second-order valence-electron chi connectivity index (χ2n) is 9.70. The van der Waals surface area contributed by atoms with E-state index in [4.69, 9.17) is 4.74 Å². The molecule has 3 rings (SSSR count). The smallest absolute Gasteiger partial charge is 0.324 e. The zero-order valence-electron chi connectivity index (χ0n) is 17.7. The van der Waals surface area contributed by atoms with E-state index in [2.05, 4.69) is 38.3 Å². The molecular formula is C21H31NO4SSi. The molecule has 1 aliphatic heterocycles. The lowest BCUT2D eigenvalue weighted by Gasteiger charge is -2.39. The maximum atomic E-state index is 13.4. The molecule has 154 valence electrons. The van der Waals surface area contributed by atoms with Crippen molar-refractivity contribution in [1.82, 2.24) is 4.31 Å². The molecule has 3 atom stereocenters. The standard InChI is InChI=1S/C21H31NO4SSi/c1-16-7-9-17(10-8-16)27(24,25)22-15-21(11-12-28(4,5)6)14-20(21,2)13-18(22)19(23)26-3/h7-12,18H,13-15H2,1-6H3/b12-11-/t18-,20+,21+/m0/s1. The zero-order chi connectivity index (χ0) is 21.0. The molecule has 1 heterocycles. The molecule has 1 saturated carbocycles. The van der Waals surface area contributed by atoms with Crippen LogP contribution in [0.1, 0.15) is 25.3 Å². The Labute approximate surface area is 169 Å². The van der Waals surface area contributed by atoms with Crippen molar-refractivity contribution in [3.05, 3.63) is 41.6 Å². The fraction of sp³-hybridized carbons (Fsp3) is 0.571. The van der Waals surface area contributed by atoms with Gasteiger partial charge in [-0.1, -0.05) is 56.0 Å².